The molecule has 0 saturated carbocycles. The Morgan fingerprint density at radius 2 is 0.736 bits per heavy atom. The predicted octanol–water partition coefficient (Wildman–Crippen LogP) is -12.8. The Hall–Kier alpha value is -2.18. The van der Waals surface area contributed by atoms with Gasteiger partial charge in [0.05, 0.1) is 39.1 Å². The van der Waals surface area contributed by atoms with Crippen LogP contribution in [-0.2, 0) is 61.7 Å². The van der Waals surface area contributed by atoms with Crippen molar-refractivity contribution in [3.05, 3.63) is 0 Å². The second-order valence-corrected chi connectivity index (χ2v) is 18.2. The molecule has 2 amide bonds. The minimum atomic E-state index is -2.26. The molecule has 30 atom stereocenters. The fraction of sp³-hybridized carbons (Fsp3) is 0.950. The molecular formula is C40H68N2O30. The Bertz CT molecular complexity index is 1730. The molecule has 6 saturated heterocycles. The smallest absolute Gasteiger partial charge is 0.217 e. The summed E-state index contributed by atoms with van der Waals surface area (Å²) < 4.78 is 63.5. The number of carbonyl (C=O) groups excluding carboxylic acids is 2. The average molecular weight is 1060 g/mol. The first-order valence-electron chi connectivity index (χ1n) is 23.0. The van der Waals surface area contributed by atoms with E-state index in [4.69, 9.17) is 52.1 Å². The van der Waals surface area contributed by atoms with Gasteiger partial charge in [-0.15, -0.1) is 0 Å². The first-order chi connectivity index (χ1) is 34.0. The number of rotatable bonds is 17. The summed E-state index contributed by atoms with van der Waals surface area (Å²) in [6.45, 7) is -1.50. The van der Waals surface area contributed by atoms with Crippen molar-refractivity contribution >= 4 is 11.8 Å². The minimum Gasteiger partial charge on any atom is -0.394 e. The molecule has 6 fully saturated rings. The van der Waals surface area contributed by atoms with Gasteiger partial charge in [0.1, 0.15) is 140 Å². The number of nitrogens with one attached hydrogen (secondary N) is 2. The molecule has 6 heterocycles. The van der Waals surface area contributed by atoms with Crippen molar-refractivity contribution in [2.75, 3.05) is 33.0 Å². The van der Waals surface area contributed by atoms with Crippen molar-refractivity contribution in [3.8, 4) is 0 Å². The van der Waals surface area contributed by atoms with Gasteiger partial charge >= 0.3 is 0 Å². The van der Waals surface area contributed by atoms with Crippen LogP contribution in [0.1, 0.15) is 20.8 Å². The molecule has 0 aromatic carbocycles. The van der Waals surface area contributed by atoms with Crippen molar-refractivity contribution < 1.29 is 149 Å². The molecule has 19 N–H and O–H groups in total. The molecule has 32 heteroatoms. The molecule has 32 nitrogen and oxygen atoms in total. The summed E-state index contributed by atoms with van der Waals surface area (Å²) >= 11 is 0. The van der Waals surface area contributed by atoms with Crippen molar-refractivity contribution in [2.24, 2.45) is 0 Å². The molecule has 0 unspecified atom stereocenters. The predicted molar refractivity (Wildman–Crippen MR) is 221 cm³/mol. The zero-order valence-electron chi connectivity index (χ0n) is 38.8. The van der Waals surface area contributed by atoms with E-state index in [1.807, 2.05) is 0 Å². The third-order valence-corrected chi connectivity index (χ3v) is 13.2. The number of ether oxygens (including phenoxy) is 11. The molecule has 0 aromatic heterocycles. The highest BCUT2D eigenvalue weighted by Crippen LogP contribution is 2.37. The third kappa shape index (κ3) is 12.5. The normalized spacial score (nSPS) is 50.3. The van der Waals surface area contributed by atoms with Crippen molar-refractivity contribution in [1.29, 1.82) is 0 Å². The van der Waals surface area contributed by atoms with E-state index in [0.717, 1.165) is 13.8 Å². The standard InChI is InChI=1S/C40H68N2O30/c1-9-19(50)23(54)26(57)37(62-9)71-33-18(42-11(3)49)36(66-16(8-47)32(33)70-38-27(58)24(55)20(51)12(4-43)64-38)68-31-15(7-46)67-39(28(59)25(31)56)72-34-21(52)13(5-44)65-40(29(34)60)69-30-14(6-45)63-35(61)17(22(30)53)41-10(2)48/h9,12-40,43-47,50-61H,4-8H2,1-3H3,(H,41,48)(H,42,49)/t9-,12+,13+,14+,15+,16+,17+,18+,19+,20-,21+,22+,23+,24-,25+,26-,27+,28-,29-,30+,31+,32+,33+,34-,35+,36-,37-,38-,39+,40-/m0/s1. The molecule has 0 radical (unpaired) electrons. The summed E-state index contributed by atoms with van der Waals surface area (Å²) in [6.07, 6.45) is -52.4. The van der Waals surface area contributed by atoms with Gasteiger partial charge in [-0.25, -0.2) is 0 Å². The highest BCUT2D eigenvalue weighted by atomic mass is 16.8. The van der Waals surface area contributed by atoms with Crippen LogP contribution in [0.3, 0.4) is 0 Å². The van der Waals surface area contributed by atoms with Gasteiger partial charge in [0, 0.05) is 13.8 Å². The number of carbonyl (C=O) groups is 2. The summed E-state index contributed by atoms with van der Waals surface area (Å²) in [7, 11) is 0. The van der Waals surface area contributed by atoms with Crippen LogP contribution in [0, 0.1) is 0 Å². The second kappa shape index (κ2) is 25.3. The van der Waals surface area contributed by atoms with E-state index >= 15 is 0 Å². The second-order valence-electron chi connectivity index (χ2n) is 18.2. The van der Waals surface area contributed by atoms with E-state index in [0.29, 0.717) is 0 Å². The van der Waals surface area contributed by atoms with Crippen LogP contribution >= 0.6 is 0 Å². The minimum absolute atomic E-state index is 0.709. The van der Waals surface area contributed by atoms with Crippen LogP contribution in [0.15, 0.2) is 0 Å². The highest BCUT2D eigenvalue weighted by molar-refractivity contribution is 5.73. The number of hydrogen-bond acceptors (Lipinski definition) is 30. The van der Waals surface area contributed by atoms with Gasteiger partial charge in [-0.1, -0.05) is 0 Å². The number of aliphatic hydroxyl groups excluding tert-OH is 17. The molecule has 6 rings (SSSR count). The van der Waals surface area contributed by atoms with Crippen LogP contribution in [0.25, 0.3) is 0 Å². The van der Waals surface area contributed by atoms with Gasteiger partial charge in [0.25, 0.3) is 0 Å². The van der Waals surface area contributed by atoms with Gasteiger partial charge in [0.2, 0.25) is 11.8 Å². The lowest BCUT2D eigenvalue weighted by Gasteiger charge is -2.51. The highest BCUT2D eigenvalue weighted by Gasteiger charge is 2.58. The van der Waals surface area contributed by atoms with E-state index in [1.54, 1.807) is 0 Å². The van der Waals surface area contributed by atoms with Crippen molar-refractivity contribution in [2.45, 2.75) is 205 Å². The topological polar surface area (TPSA) is 504 Å². The molecule has 72 heavy (non-hydrogen) atoms. The fourth-order valence-electron chi connectivity index (χ4n) is 9.26. The van der Waals surface area contributed by atoms with Gasteiger partial charge in [0.15, 0.2) is 37.7 Å². The molecular weight excluding hydrogens is 988 g/mol. The van der Waals surface area contributed by atoms with Crippen LogP contribution in [0.4, 0.5) is 0 Å². The lowest BCUT2D eigenvalue weighted by atomic mass is 9.93. The summed E-state index contributed by atoms with van der Waals surface area (Å²) in [5.74, 6) is -1.57. The summed E-state index contributed by atoms with van der Waals surface area (Å²) in [5, 5.41) is 187. The summed E-state index contributed by atoms with van der Waals surface area (Å²) in [5.41, 5.74) is 0. The quantitative estimate of drug-likeness (QED) is 0.0643. The maximum atomic E-state index is 12.9. The van der Waals surface area contributed by atoms with Gasteiger partial charge in [-0.05, 0) is 6.92 Å². The fourth-order valence-corrected chi connectivity index (χ4v) is 9.26. The van der Waals surface area contributed by atoms with E-state index < -0.39 is 229 Å². The Kier molecular flexibility index (Phi) is 20.8. The Labute approximate surface area is 408 Å². The maximum Gasteiger partial charge on any atom is 0.217 e. The van der Waals surface area contributed by atoms with Crippen LogP contribution < -0.4 is 10.6 Å². The Morgan fingerprint density at radius 3 is 1.29 bits per heavy atom. The molecule has 0 bridgehead atoms. The van der Waals surface area contributed by atoms with Crippen LogP contribution in [0.2, 0.25) is 0 Å². The first-order valence-corrected chi connectivity index (χ1v) is 23.0. The molecule has 6 aliphatic heterocycles. The molecule has 0 spiro atoms. The van der Waals surface area contributed by atoms with E-state index in [2.05, 4.69) is 10.6 Å². The van der Waals surface area contributed by atoms with E-state index in [9.17, 15) is 96.4 Å². The number of amides is 2. The zero-order chi connectivity index (χ0) is 53.2. The lowest BCUT2D eigenvalue weighted by Crippen LogP contribution is -2.71. The van der Waals surface area contributed by atoms with Crippen LogP contribution in [-0.4, -0.2) is 316 Å². The SMILES string of the molecule is CC(=O)N[C@@H]1[C@@H](O)[C@H](O[C@@H]2O[C@H](CO)[C@@H](O)[C@H](O[C@H]3O[C@H](CO)[C@@H](O[C@@H]4O[C@H](CO)[C@@H](O[C@@H]5O[C@H](CO)[C@H](O)[C@H](O)[C@H]5O)[C@H](O[C@@H]5O[C@@H](C)[C@@H](O)[C@@H](O)[C@@H]5O)[C@H]4NC(C)=O)[C@H](O)[C@@H]3O)[C@@H]2O)[C@@H](CO)O[C@H]1O. The van der Waals surface area contributed by atoms with Gasteiger partial charge in [-0.2, -0.15) is 0 Å². The zero-order valence-corrected chi connectivity index (χ0v) is 38.8. The van der Waals surface area contributed by atoms with Crippen molar-refractivity contribution in [1.82, 2.24) is 10.6 Å². The molecule has 0 aliphatic carbocycles. The maximum absolute atomic E-state index is 12.9. The largest absolute Gasteiger partial charge is 0.394 e. The van der Waals surface area contributed by atoms with E-state index in [1.165, 1.54) is 6.92 Å². The Morgan fingerprint density at radius 1 is 0.361 bits per heavy atom. The van der Waals surface area contributed by atoms with Gasteiger partial charge < -0.3 is 150 Å². The summed E-state index contributed by atoms with van der Waals surface area (Å²) in [6, 6.07) is -3.30. The first kappa shape index (κ1) is 59.1. The lowest BCUT2D eigenvalue weighted by molar-refractivity contribution is -0.394. The van der Waals surface area contributed by atoms with Crippen molar-refractivity contribution in [3.63, 3.8) is 0 Å². The number of aliphatic hydroxyl groups is 17. The molecule has 0 aromatic rings. The average Bonchev–Trinajstić information content (AvgIpc) is 3.34. The Balaban J connectivity index is 1.25. The monoisotopic (exact) mass is 1060 g/mol. The summed E-state index contributed by atoms with van der Waals surface area (Å²) in [4.78, 5) is 24.7. The molecule has 418 valence electrons. The van der Waals surface area contributed by atoms with E-state index in [-0.39, 0.29) is 0 Å². The van der Waals surface area contributed by atoms with Crippen LogP contribution in [0.5, 0.6) is 0 Å². The molecule has 6 aliphatic rings. The number of hydrogen-bond donors (Lipinski definition) is 19. The van der Waals surface area contributed by atoms with Gasteiger partial charge in [-0.3, -0.25) is 9.59 Å². The third-order valence-electron chi connectivity index (χ3n) is 13.2.